The molecule has 1 unspecified atom stereocenters. The summed E-state index contributed by atoms with van der Waals surface area (Å²) in [5.74, 6) is -0.846. The number of carbonyl (C=O) groups is 2. The SMILES string of the molecule is CCCC/C=C/CCCCCCCC(=O)O[C@@H](COC(=O)CCCCCCCCCCC/C=C/CCCCCC)COP(=O)([O-])OCC[N+](C)(C)C. The van der Waals surface area contributed by atoms with E-state index >= 15 is 0 Å². The number of carbonyl (C=O) groups excluding carboxylic acids is 2. The Morgan fingerprint density at radius 3 is 1.48 bits per heavy atom. The number of ether oxygens (including phenoxy) is 2. The minimum Gasteiger partial charge on any atom is -0.756 e. The van der Waals surface area contributed by atoms with Crippen LogP contribution in [-0.2, 0) is 32.7 Å². The number of phosphoric ester groups is 1. The van der Waals surface area contributed by atoms with Crippen molar-refractivity contribution in [2.45, 2.75) is 187 Å². The van der Waals surface area contributed by atoms with Crippen LogP contribution in [-0.4, -0.2) is 70.0 Å². The van der Waals surface area contributed by atoms with Crippen LogP contribution in [0.5, 0.6) is 0 Å². The zero-order valence-electron chi connectivity index (χ0n) is 34.3. The van der Waals surface area contributed by atoms with Crippen LogP contribution in [0.1, 0.15) is 181 Å². The highest BCUT2D eigenvalue weighted by Crippen LogP contribution is 2.38. The fourth-order valence-electron chi connectivity index (χ4n) is 5.57. The number of hydrogen-bond acceptors (Lipinski definition) is 8. The van der Waals surface area contributed by atoms with Crippen molar-refractivity contribution >= 4 is 19.8 Å². The molecule has 0 fully saturated rings. The topological polar surface area (TPSA) is 111 Å². The summed E-state index contributed by atoms with van der Waals surface area (Å²) < 4.78 is 33.8. The van der Waals surface area contributed by atoms with Gasteiger partial charge in [-0.05, 0) is 57.8 Å². The summed E-state index contributed by atoms with van der Waals surface area (Å²) in [6.45, 7) is 4.16. The Labute approximate surface area is 319 Å². The van der Waals surface area contributed by atoms with E-state index in [1.165, 1.54) is 89.9 Å². The molecule has 0 radical (unpaired) electrons. The molecule has 0 spiro atoms. The van der Waals surface area contributed by atoms with Crippen molar-refractivity contribution in [3.8, 4) is 0 Å². The first-order valence-electron chi connectivity index (χ1n) is 21.0. The Kier molecular flexibility index (Phi) is 34.2. The molecule has 52 heavy (non-hydrogen) atoms. The first-order valence-corrected chi connectivity index (χ1v) is 22.5. The molecule has 0 aromatic heterocycles. The highest BCUT2D eigenvalue weighted by Gasteiger charge is 2.21. The lowest BCUT2D eigenvalue weighted by Gasteiger charge is -2.28. The van der Waals surface area contributed by atoms with Gasteiger partial charge in [-0.3, -0.25) is 14.2 Å². The van der Waals surface area contributed by atoms with E-state index in [1.54, 1.807) is 0 Å². The zero-order valence-corrected chi connectivity index (χ0v) is 35.2. The van der Waals surface area contributed by atoms with E-state index in [-0.39, 0.29) is 32.0 Å². The van der Waals surface area contributed by atoms with Crippen molar-refractivity contribution in [1.82, 2.24) is 0 Å². The van der Waals surface area contributed by atoms with E-state index < -0.39 is 26.5 Å². The minimum absolute atomic E-state index is 0.0317. The lowest BCUT2D eigenvalue weighted by Crippen LogP contribution is -2.37. The van der Waals surface area contributed by atoms with Gasteiger partial charge in [0.15, 0.2) is 6.10 Å². The van der Waals surface area contributed by atoms with E-state index in [0.717, 1.165) is 57.8 Å². The number of hydrogen-bond donors (Lipinski definition) is 0. The molecule has 9 nitrogen and oxygen atoms in total. The average molecular weight is 758 g/mol. The third-order valence-corrected chi connectivity index (χ3v) is 9.91. The van der Waals surface area contributed by atoms with Gasteiger partial charge in [-0.25, -0.2) is 0 Å². The normalized spacial score (nSPS) is 13.9. The number of allylic oxidation sites excluding steroid dienone is 4. The van der Waals surface area contributed by atoms with E-state index in [9.17, 15) is 19.0 Å². The Balaban J connectivity index is 4.34. The highest BCUT2D eigenvalue weighted by atomic mass is 31.2. The average Bonchev–Trinajstić information content (AvgIpc) is 3.09. The van der Waals surface area contributed by atoms with Crippen LogP contribution in [0.4, 0.5) is 0 Å². The molecule has 0 saturated carbocycles. The fraction of sp³-hybridized carbons (Fsp3) is 0.857. The Morgan fingerprint density at radius 2 is 1.00 bits per heavy atom. The second-order valence-corrected chi connectivity index (χ2v) is 16.8. The second kappa shape index (κ2) is 35.2. The maximum atomic E-state index is 12.6. The maximum Gasteiger partial charge on any atom is 0.306 e. The van der Waals surface area contributed by atoms with Gasteiger partial charge in [0.05, 0.1) is 27.7 Å². The van der Waals surface area contributed by atoms with Crippen LogP contribution in [0.3, 0.4) is 0 Å². The molecule has 0 aliphatic rings. The molecule has 0 aromatic rings. The monoisotopic (exact) mass is 758 g/mol. The first kappa shape index (κ1) is 50.5. The first-order chi connectivity index (χ1) is 25.0. The molecule has 0 amide bonds. The fourth-order valence-corrected chi connectivity index (χ4v) is 6.30. The predicted molar refractivity (Wildman–Crippen MR) is 213 cm³/mol. The summed E-state index contributed by atoms with van der Waals surface area (Å²) in [5.41, 5.74) is 0. The number of rotatable bonds is 38. The van der Waals surface area contributed by atoms with Crippen LogP contribution in [0.15, 0.2) is 24.3 Å². The van der Waals surface area contributed by atoms with Crippen LogP contribution in [0.25, 0.3) is 0 Å². The van der Waals surface area contributed by atoms with Gasteiger partial charge in [-0.15, -0.1) is 0 Å². The van der Waals surface area contributed by atoms with Crippen molar-refractivity contribution in [1.29, 1.82) is 0 Å². The Hall–Kier alpha value is -1.51. The van der Waals surface area contributed by atoms with Crippen molar-refractivity contribution in [2.75, 3.05) is 47.5 Å². The van der Waals surface area contributed by atoms with Gasteiger partial charge < -0.3 is 27.9 Å². The van der Waals surface area contributed by atoms with Crippen molar-refractivity contribution in [2.24, 2.45) is 0 Å². The number of quaternary nitrogens is 1. The van der Waals surface area contributed by atoms with Crippen LogP contribution in [0.2, 0.25) is 0 Å². The Bertz CT molecular complexity index is 949. The molecule has 0 aliphatic heterocycles. The smallest absolute Gasteiger partial charge is 0.306 e. The molecule has 0 heterocycles. The maximum absolute atomic E-state index is 12.6. The summed E-state index contributed by atoms with van der Waals surface area (Å²) in [6, 6.07) is 0. The van der Waals surface area contributed by atoms with Crippen LogP contribution in [0, 0.1) is 0 Å². The largest absolute Gasteiger partial charge is 0.756 e. The van der Waals surface area contributed by atoms with Crippen LogP contribution >= 0.6 is 7.82 Å². The molecule has 0 aromatic carbocycles. The Morgan fingerprint density at radius 1 is 0.577 bits per heavy atom. The third-order valence-electron chi connectivity index (χ3n) is 8.94. The van der Waals surface area contributed by atoms with E-state index in [1.807, 2.05) is 21.1 Å². The van der Waals surface area contributed by atoms with Gasteiger partial charge in [0.1, 0.15) is 19.8 Å². The number of likely N-dealkylation sites (N-methyl/N-ethyl adjacent to an activating group) is 1. The molecule has 0 aliphatic carbocycles. The van der Waals surface area contributed by atoms with Gasteiger partial charge in [-0.2, -0.15) is 0 Å². The van der Waals surface area contributed by atoms with Gasteiger partial charge >= 0.3 is 11.9 Å². The molecule has 0 N–H and O–H groups in total. The molecule has 10 heteroatoms. The molecule has 0 saturated heterocycles. The number of unbranched alkanes of at least 4 members (excludes halogenated alkanes) is 20. The summed E-state index contributed by atoms with van der Waals surface area (Å²) >= 11 is 0. The van der Waals surface area contributed by atoms with Crippen LogP contribution < -0.4 is 4.89 Å². The van der Waals surface area contributed by atoms with Crippen molar-refractivity contribution in [3.05, 3.63) is 24.3 Å². The lowest BCUT2D eigenvalue weighted by molar-refractivity contribution is -0.870. The summed E-state index contributed by atoms with van der Waals surface area (Å²) in [4.78, 5) is 37.4. The van der Waals surface area contributed by atoms with Gasteiger partial charge in [-0.1, -0.05) is 134 Å². The highest BCUT2D eigenvalue weighted by molar-refractivity contribution is 7.45. The molecule has 2 atom stereocenters. The van der Waals surface area contributed by atoms with Gasteiger partial charge in [0.2, 0.25) is 0 Å². The molecule has 306 valence electrons. The van der Waals surface area contributed by atoms with Crippen molar-refractivity contribution < 1.29 is 42.1 Å². The number of phosphoric acid groups is 1. The number of nitrogens with zero attached hydrogens (tertiary/aromatic N) is 1. The molecular formula is C42H80NO8P. The van der Waals surface area contributed by atoms with E-state index in [2.05, 4.69) is 38.2 Å². The quantitative estimate of drug-likeness (QED) is 0.0201. The van der Waals surface area contributed by atoms with Gasteiger partial charge in [0.25, 0.3) is 7.82 Å². The molecule has 0 rings (SSSR count). The predicted octanol–water partition coefficient (Wildman–Crippen LogP) is 10.9. The van der Waals surface area contributed by atoms with Crippen molar-refractivity contribution in [3.63, 3.8) is 0 Å². The van der Waals surface area contributed by atoms with E-state index in [4.69, 9.17) is 18.5 Å². The summed E-state index contributed by atoms with van der Waals surface area (Å²) in [7, 11) is 1.16. The minimum atomic E-state index is -4.62. The summed E-state index contributed by atoms with van der Waals surface area (Å²) in [6.07, 6.45) is 36.3. The molecular weight excluding hydrogens is 677 g/mol. The van der Waals surface area contributed by atoms with E-state index in [0.29, 0.717) is 17.4 Å². The zero-order chi connectivity index (χ0) is 38.6. The molecule has 0 bridgehead atoms. The second-order valence-electron chi connectivity index (χ2n) is 15.3. The summed E-state index contributed by atoms with van der Waals surface area (Å²) in [5, 5.41) is 0. The lowest BCUT2D eigenvalue weighted by atomic mass is 10.1. The number of esters is 2. The van der Waals surface area contributed by atoms with Gasteiger partial charge in [0, 0.05) is 12.8 Å². The third kappa shape index (κ3) is 38.2. The standard InChI is InChI=1S/C42H80NO8P/c1-6-8-10-12-14-16-18-19-20-21-22-23-25-26-28-30-32-34-41(44)48-38-40(39-50-52(46,47)49-37-36-43(3,4)5)51-42(45)35-33-31-29-27-24-17-15-13-11-9-7-2/h13,15-16,18,40H,6-12,14,17,19-39H2,1-5H3/b15-13+,18-16+/t40-/m0/s1.